The second-order valence-electron chi connectivity index (χ2n) is 14.8. The van der Waals surface area contributed by atoms with Crippen LogP contribution in [0.1, 0.15) is 58.2 Å². The average molecular weight is 816 g/mol. The van der Waals surface area contributed by atoms with E-state index in [0.717, 1.165) is 31.6 Å². The summed E-state index contributed by atoms with van der Waals surface area (Å²) in [6.45, 7) is 14.4. The van der Waals surface area contributed by atoms with Crippen molar-refractivity contribution in [3.8, 4) is 17.2 Å². The lowest BCUT2D eigenvalue weighted by molar-refractivity contribution is -0.158. The largest absolute Gasteiger partial charge is 0.744 e. The number of carbonyl (C=O) groups is 2. The Balaban J connectivity index is 0.000000512. The van der Waals surface area contributed by atoms with Gasteiger partial charge in [0.05, 0.1) is 15.8 Å². The molecule has 0 fully saturated rings. The second-order valence-corrected chi connectivity index (χ2v) is 18.2. The molecule has 1 aromatic heterocycles. The van der Waals surface area contributed by atoms with Crippen LogP contribution in [0.15, 0.2) is 135 Å². The number of esters is 2. The molecule has 11 nitrogen and oxygen atoms in total. The van der Waals surface area contributed by atoms with Crippen LogP contribution in [0.25, 0.3) is 0 Å². The molecule has 0 radical (unpaired) electrons. The number of ether oxygens (including phenoxy) is 5. The van der Waals surface area contributed by atoms with Gasteiger partial charge in [0.15, 0.2) is 27.9 Å². The molecule has 0 saturated heterocycles. The molecule has 0 amide bonds. The first-order valence-electron chi connectivity index (χ1n) is 18.0. The van der Waals surface area contributed by atoms with Crippen LogP contribution in [0.4, 0.5) is 0 Å². The van der Waals surface area contributed by atoms with Crippen molar-refractivity contribution in [3.05, 3.63) is 132 Å². The number of hydrogen-bond acceptors (Lipinski definition) is 11. The topological polar surface area (TPSA) is 150 Å². The van der Waals surface area contributed by atoms with Crippen LogP contribution in [0.5, 0.6) is 17.2 Å². The molecule has 0 bridgehead atoms. The number of benzene rings is 4. The molecule has 302 valence electrons. The summed E-state index contributed by atoms with van der Waals surface area (Å²) in [5.74, 6) is 1.05. The molecule has 57 heavy (non-hydrogen) atoms. The number of aryl methyl sites for hydroxylation is 2. The molecule has 0 N–H and O–H groups in total. The van der Waals surface area contributed by atoms with E-state index in [-0.39, 0.29) is 18.1 Å². The molecule has 4 aromatic carbocycles. The summed E-state index contributed by atoms with van der Waals surface area (Å²) in [6.07, 6.45) is 3.49. The smallest absolute Gasteiger partial charge is 0.344 e. The van der Waals surface area contributed by atoms with Gasteiger partial charge in [-0.2, -0.15) is 0 Å². The summed E-state index contributed by atoms with van der Waals surface area (Å²) in [4.78, 5) is 31.3. The van der Waals surface area contributed by atoms with Gasteiger partial charge in [-0.1, -0.05) is 12.1 Å². The zero-order valence-electron chi connectivity index (χ0n) is 33.4. The first-order chi connectivity index (χ1) is 26.8. The first kappa shape index (κ1) is 44.3. The summed E-state index contributed by atoms with van der Waals surface area (Å²) < 4.78 is 60.0. The SMILES string of the molecule is CC(C)(C)OC(=O)COc1ccc([S+](c2ccc(OCC(=O)OC(C)(C)C)cc2)c2ccc(OCc3ccncc3)cc2)cc1.Cc1ccc(C)c(S(=O)(=O)[O-])c1. The van der Waals surface area contributed by atoms with Crippen LogP contribution in [-0.2, 0) is 46.7 Å². The van der Waals surface area contributed by atoms with Crippen molar-refractivity contribution in [2.75, 3.05) is 13.2 Å². The van der Waals surface area contributed by atoms with Crippen molar-refractivity contribution in [2.45, 2.75) is 92.8 Å². The number of carbonyl (C=O) groups excluding carboxylic acids is 2. The molecule has 13 heteroatoms. The van der Waals surface area contributed by atoms with Gasteiger partial charge < -0.3 is 28.2 Å². The minimum atomic E-state index is -4.31. The molecular weight excluding hydrogens is 767 g/mol. The third-order valence-electron chi connectivity index (χ3n) is 7.50. The summed E-state index contributed by atoms with van der Waals surface area (Å²) >= 11 is 0. The van der Waals surface area contributed by atoms with Crippen molar-refractivity contribution in [2.24, 2.45) is 0 Å². The maximum Gasteiger partial charge on any atom is 0.344 e. The molecule has 0 aliphatic carbocycles. The van der Waals surface area contributed by atoms with Crippen molar-refractivity contribution in [1.29, 1.82) is 0 Å². The van der Waals surface area contributed by atoms with E-state index in [4.69, 9.17) is 23.7 Å². The normalized spacial score (nSPS) is 11.5. The Bertz CT molecular complexity index is 2100. The Labute approximate surface area is 338 Å². The molecule has 0 saturated carbocycles. The number of nitrogens with zero attached hydrogens (tertiary/aromatic N) is 1. The predicted octanol–water partition coefficient (Wildman–Crippen LogP) is 8.40. The van der Waals surface area contributed by atoms with Gasteiger partial charge >= 0.3 is 11.9 Å². The van der Waals surface area contributed by atoms with E-state index in [1.165, 1.54) is 6.07 Å². The highest BCUT2D eigenvalue weighted by Crippen LogP contribution is 2.34. The van der Waals surface area contributed by atoms with Gasteiger partial charge in [-0.05, 0) is 163 Å². The van der Waals surface area contributed by atoms with E-state index >= 15 is 0 Å². The third-order valence-corrected chi connectivity index (χ3v) is 10.7. The van der Waals surface area contributed by atoms with E-state index < -0.39 is 44.2 Å². The second kappa shape index (κ2) is 19.7. The van der Waals surface area contributed by atoms with Gasteiger partial charge in [0.25, 0.3) is 0 Å². The molecule has 0 aliphatic rings. The van der Waals surface area contributed by atoms with E-state index in [0.29, 0.717) is 23.7 Å². The van der Waals surface area contributed by atoms with Crippen LogP contribution in [0, 0.1) is 13.8 Å². The summed E-state index contributed by atoms with van der Waals surface area (Å²) in [5, 5.41) is 0. The first-order valence-corrected chi connectivity index (χ1v) is 20.7. The number of pyridine rings is 1. The lowest BCUT2D eigenvalue weighted by atomic mass is 10.2. The van der Waals surface area contributed by atoms with Crippen LogP contribution in [0.3, 0.4) is 0 Å². The Morgan fingerprint density at radius 1 is 0.614 bits per heavy atom. The molecule has 0 spiro atoms. The van der Waals surface area contributed by atoms with E-state index in [1.807, 2.05) is 114 Å². The van der Waals surface area contributed by atoms with E-state index in [2.05, 4.69) is 17.1 Å². The van der Waals surface area contributed by atoms with Gasteiger partial charge in [-0.15, -0.1) is 0 Å². The van der Waals surface area contributed by atoms with Crippen molar-refractivity contribution in [3.63, 3.8) is 0 Å². The van der Waals surface area contributed by atoms with Crippen molar-refractivity contribution < 1.29 is 46.2 Å². The monoisotopic (exact) mass is 815 g/mol. The van der Waals surface area contributed by atoms with Gasteiger partial charge in [0.2, 0.25) is 0 Å². The minimum Gasteiger partial charge on any atom is -0.744 e. The number of hydrogen-bond donors (Lipinski definition) is 0. The summed E-state index contributed by atoms with van der Waals surface area (Å²) in [7, 11) is -4.80. The van der Waals surface area contributed by atoms with Gasteiger partial charge in [0.1, 0.15) is 45.2 Å². The highest BCUT2D eigenvalue weighted by Gasteiger charge is 2.29. The molecule has 0 unspecified atom stereocenters. The van der Waals surface area contributed by atoms with E-state index in [1.54, 1.807) is 38.4 Å². The average Bonchev–Trinajstić information content (AvgIpc) is 3.14. The van der Waals surface area contributed by atoms with Crippen LogP contribution < -0.4 is 14.2 Å². The molecule has 5 aromatic rings. The maximum atomic E-state index is 12.1. The third kappa shape index (κ3) is 15.2. The van der Waals surface area contributed by atoms with Crippen molar-refractivity contribution in [1.82, 2.24) is 4.98 Å². The lowest BCUT2D eigenvalue weighted by Gasteiger charge is -2.19. The number of rotatable bonds is 13. The Kier molecular flexibility index (Phi) is 15.3. The van der Waals surface area contributed by atoms with E-state index in [9.17, 15) is 22.6 Å². The van der Waals surface area contributed by atoms with Crippen LogP contribution >= 0.6 is 0 Å². The van der Waals surface area contributed by atoms with Gasteiger partial charge in [0, 0.05) is 12.4 Å². The maximum absolute atomic E-state index is 12.1. The standard InChI is InChI=1S/C36H40NO7S.C8H10O3S/c1-35(2,3)43-33(38)24-41-28-9-15-31(16-10-28)45(30-13-7-27(8-14-30)40-23-26-19-21-37-22-20-26)32-17-11-29(12-18-32)42-25-34(39)44-36(4,5)6;1-6-3-4-7(2)8(5-6)12(9,10)11/h7-22H,23-25H2,1-6H3;3-5H,1-2H3,(H,9,10,11)/q+1;/p-1. The Morgan fingerprint density at radius 2 is 1.02 bits per heavy atom. The fraction of sp³-hybridized carbons (Fsp3) is 0.295. The minimum absolute atomic E-state index is 0.123. The number of aromatic nitrogens is 1. The van der Waals surface area contributed by atoms with Crippen LogP contribution in [0.2, 0.25) is 0 Å². The summed E-state index contributed by atoms with van der Waals surface area (Å²) in [6, 6.07) is 32.1. The molecule has 1 heterocycles. The van der Waals surface area contributed by atoms with Gasteiger partial charge in [-0.25, -0.2) is 18.0 Å². The fourth-order valence-electron chi connectivity index (χ4n) is 5.07. The quantitative estimate of drug-likeness (QED) is 0.0640. The Hall–Kier alpha value is -5.37. The molecule has 5 rings (SSSR count). The zero-order chi connectivity index (χ0) is 41.8. The van der Waals surface area contributed by atoms with Gasteiger partial charge in [-0.3, -0.25) is 4.98 Å². The highest BCUT2D eigenvalue weighted by molar-refractivity contribution is 7.97. The fourth-order valence-corrected chi connectivity index (χ4v) is 7.91. The Morgan fingerprint density at radius 3 is 1.39 bits per heavy atom. The predicted molar refractivity (Wildman–Crippen MR) is 217 cm³/mol. The highest BCUT2D eigenvalue weighted by atomic mass is 32.2. The van der Waals surface area contributed by atoms with Crippen LogP contribution in [-0.4, -0.2) is 54.3 Å². The summed E-state index contributed by atoms with van der Waals surface area (Å²) in [5.41, 5.74) is 1.16. The lowest BCUT2D eigenvalue weighted by Crippen LogP contribution is -2.27. The van der Waals surface area contributed by atoms with Crippen molar-refractivity contribution >= 4 is 33.0 Å². The zero-order valence-corrected chi connectivity index (χ0v) is 35.1. The molecular formula is C44H49NO10S2. The molecule has 0 atom stereocenters. The molecule has 0 aliphatic heterocycles.